The van der Waals surface area contributed by atoms with E-state index in [1.165, 1.54) is 0 Å². The van der Waals surface area contributed by atoms with Crippen molar-refractivity contribution in [3.8, 4) is 5.75 Å². The maximum Gasteiger partial charge on any atom is 0.508 e. The smallest absolute Gasteiger partial charge is 0.508 e. The van der Waals surface area contributed by atoms with E-state index in [9.17, 15) is 14.7 Å². The molecule has 0 aliphatic carbocycles. The molecule has 114 valence electrons. The molecule has 0 atom stereocenters. The minimum Gasteiger partial charge on any atom is -0.508 e. The molecule has 0 radical (unpaired) electrons. The summed E-state index contributed by atoms with van der Waals surface area (Å²) >= 11 is 0. The third-order valence-corrected chi connectivity index (χ3v) is 3.53. The number of carbonyl (C=O) groups is 2. The normalized spacial score (nSPS) is 16.8. The molecular formula is C15H19NO5. The molecule has 1 fully saturated rings. The molecule has 1 aromatic carbocycles. The van der Waals surface area contributed by atoms with Crippen LogP contribution in [0.25, 0.3) is 0 Å². The van der Waals surface area contributed by atoms with Gasteiger partial charge in [-0.3, -0.25) is 4.79 Å². The lowest BCUT2D eigenvalue weighted by molar-refractivity contribution is -0.141. The lowest BCUT2D eigenvalue weighted by Gasteiger charge is -2.30. The number of aromatic hydroxyl groups is 1. The SMILES string of the molecule is Cc1cc(CCNC(=O)C2(C)COC(=O)OC2)ccc1O. The van der Waals surface area contributed by atoms with Gasteiger partial charge in [-0.25, -0.2) is 4.79 Å². The van der Waals surface area contributed by atoms with Gasteiger partial charge in [0.25, 0.3) is 0 Å². The Morgan fingerprint density at radius 3 is 2.67 bits per heavy atom. The van der Waals surface area contributed by atoms with Crippen LogP contribution in [0.5, 0.6) is 5.75 Å². The van der Waals surface area contributed by atoms with Gasteiger partial charge in [-0.05, 0) is 37.5 Å². The molecule has 0 aromatic heterocycles. The fourth-order valence-electron chi connectivity index (χ4n) is 2.06. The van der Waals surface area contributed by atoms with E-state index < -0.39 is 11.6 Å². The van der Waals surface area contributed by atoms with Crippen LogP contribution < -0.4 is 5.32 Å². The molecular weight excluding hydrogens is 274 g/mol. The number of hydrogen-bond donors (Lipinski definition) is 2. The van der Waals surface area contributed by atoms with Gasteiger partial charge in [0.2, 0.25) is 5.91 Å². The van der Waals surface area contributed by atoms with Gasteiger partial charge in [0, 0.05) is 6.54 Å². The van der Waals surface area contributed by atoms with Crippen molar-refractivity contribution >= 4 is 12.1 Å². The third-order valence-electron chi connectivity index (χ3n) is 3.53. The second-order valence-electron chi connectivity index (χ2n) is 5.51. The van der Waals surface area contributed by atoms with Gasteiger partial charge < -0.3 is 19.9 Å². The molecule has 1 heterocycles. The Bertz CT molecular complexity index is 545. The Labute approximate surface area is 123 Å². The number of rotatable bonds is 4. The van der Waals surface area contributed by atoms with Crippen molar-refractivity contribution < 1.29 is 24.2 Å². The Balaban J connectivity index is 1.84. The first-order valence-electron chi connectivity index (χ1n) is 6.77. The standard InChI is InChI=1S/C15H19NO5/c1-10-7-11(3-4-12(10)17)5-6-16-13(18)15(2)8-20-14(19)21-9-15/h3-4,7,17H,5-6,8-9H2,1-2H3,(H,16,18). The number of amides is 1. The van der Waals surface area contributed by atoms with Crippen LogP contribution in [0.2, 0.25) is 0 Å². The van der Waals surface area contributed by atoms with Crippen LogP contribution in [-0.2, 0) is 20.7 Å². The number of cyclic esters (lactones) is 2. The molecule has 21 heavy (non-hydrogen) atoms. The van der Waals surface area contributed by atoms with E-state index in [1.54, 1.807) is 13.0 Å². The maximum atomic E-state index is 12.1. The van der Waals surface area contributed by atoms with E-state index >= 15 is 0 Å². The molecule has 2 N–H and O–H groups in total. The van der Waals surface area contributed by atoms with E-state index in [2.05, 4.69) is 5.32 Å². The van der Waals surface area contributed by atoms with E-state index in [4.69, 9.17) is 9.47 Å². The van der Waals surface area contributed by atoms with E-state index in [0.717, 1.165) is 11.1 Å². The van der Waals surface area contributed by atoms with Gasteiger partial charge in [-0.1, -0.05) is 12.1 Å². The molecule has 2 rings (SSSR count). The van der Waals surface area contributed by atoms with Crippen molar-refractivity contribution in [3.63, 3.8) is 0 Å². The summed E-state index contributed by atoms with van der Waals surface area (Å²) < 4.78 is 9.52. The van der Waals surface area contributed by atoms with Crippen molar-refractivity contribution in [2.24, 2.45) is 5.41 Å². The van der Waals surface area contributed by atoms with Crippen molar-refractivity contribution in [1.29, 1.82) is 0 Å². The molecule has 1 aromatic rings. The van der Waals surface area contributed by atoms with Crippen LogP contribution in [0, 0.1) is 12.3 Å². The topological polar surface area (TPSA) is 84.9 Å². The number of benzene rings is 1. The zero-order valence-electron chi connectivity index (χ0n) is 12.1. The van der Waals surface area contributed by atoms with E-state index in [1.807, 2.05) is 19.1 Å². The monoisotopic (exact) mass is 293 g/mol. The van der Waals surface area contributed by atoms with Gasteiger partial charge >= 0.3 is 6.16 Å². The van der Waals surface area contributed by atoms with E-state index in [0.29, 0.717) is 13.0 Å². The second-order valence-corrected chi connectivity index (χ2v) is 5.51. The number of ether oxygens (including phenoxy) is 2. The molecule has 1 aliphatic heterocycles. The molecule has 0 spiro atoms. The summed E-state index contributed by atoms with van der Waals surface area (Å²) in [6.45, 7) is 4.03. The predicted octanol–water partition coefficient (Wildman–Crippen LogP) is 1.53. The van der Waals surface area contributed by atoms with Crippen molar-refractivity contribution in [3.05, 3.63) is 29.3 Å². The Morgan fingerprint density at radius 1 is 1.38 bits per heavy atom. The average molecular weight is 293 g/mol. The summed E-state index contributed by atoms with van der Waals surface area (Å²) in [5.41, 5.74) is 0.985. The van der Waals surface area contributed by atoms with Gasteiger partial charge in [0.05, 0.1) is 0 Å². The number of aryl methyl sites for hydroxylation is 1. The van der Waals surface area contributed by atoms with Crippen LogP contribution in [0.1, 0.15) is 18.1 Å². The van der Waals surface area contributed by atoms with Crippen LogP contribution in [0.4, 0.5) is 4.79 Å². The summed E-state index contributed by atoms with van der Waals surface area (Å²) in [7, 11) is 0. The first kappa shape index (κ1) is 15.2. The van der Waals surface area contributed by atoms with Crippen molar-refractivity contribution in [2.75, 3.05) is 19.8 Å². The summed E-state index contributed by atoms with van der Waals surface area (Å²) in [6.07, 6.45) is -0.0799. The highest BCUT2D eigenvalue weighted by molar-refractivity contribution is 5.83. The second kappa shape index (κ2) is 6.03. The Hall–Kier alpha value is -2.24. The molecule has 1 aliphatic rings. The zero-order chi connectivity index (χ0) is 15.5. The minimum atomic E-state index is -0.848. The zero-order valence-corrected chi connectivity index (χ0v) is 12.1. The van der Waals surface area contributed by atoms with E-state index in [-0.39, 0.29) is 24.9 Å². The quantitative estimate of drug-likeness (QED) is 0.822. The number of phenolic OH excluding ortho intramolecular Hbond substituents is 1. The number of carbonyl (C=O) groups excluding carboxylic acids is 2. The Morgan fingerprint density at radius 2 is 2.05 bits per heavy atom. The highest BCUT2D eigenvalue weighted by Gasteiger charge is 2.40. The first-order valence-corrected chi connectivity index (χ1v) is 6.77. The van der Waals surface area contributed by atoms with Gasteiger partial charge in [-0.15, -0.1) is 0 Å². The minimum absolute atomic E-state index is 0.0238. The number of nitrogens with one attached hydrogen (secondary N) is 1. The number of hydrogen-bond acceptors (Lipinski definition) is 5. The predicted molar refractivity (Wildman–Crippen MR) is 75.0 cm³/mol. The number of phenols is 1. The fourth-order valence-corrected chi connectivity index (χ4v) is 2.06. The van der Waals surface area contributed by atoms with Crippen molar-refractivity contribution in [2.45, 2.75) is 20.3 Å². The lowest BCUT2D eigenvalue weighted by atomic mass is 9.91. The Kier molecular flexibility index (Phi) is 4.35. The van der Waals surface area contributed by atoms with Crippen molar-refractivity contribution in [1.82, 2.24) is 5.32 Å². The highest BCUT2D eigenvalue weighted by Crippen LogP contribution is 2.22. The summed E-state index contributed by atoms with van der Waals surface area (Å²) in [5, 5.41) is 12.3. The van der Waals surface area contributed by atoms with Gasteiger partial charge in [-0.2, -0.15) is 0 Å². The summed E-state index contributed by atoms with van der Waals surface area (Å²) in [5.74, 6) is 0.0574. The molecule has 0 bridgehead atoms. The average Bonchev–Trinajstić information content (AvgIpc) is 2.46. The molecule has 1 saturated heterocycles. The maximum absolute atomic E-state index is 12.1. The van der Waals surface area contributed by atoms with Crippen LogP contribution >= 0.6 is 0 Å². The molecule has 1 amide bonds. The summed E-state index contributed by atoms with van der Waals surface area (Å²) in [4.78, 5) is 23.0. The van der Waals surface area contributed by atoms with Crippen LogP contribution in [0.3, 0.4) is 0 Å². The first-order chi connectivity index (χ1) is 9.90. The summed E-state index contributed by atoms with van der Waals surface area (Å²) in [6, 6.07) is 5.35. The van der Waals surface area contributed by atoms with Crippen LogP contribution in [-0.4, -0.2) is 36.9 Å². The fraction of sp³-hybridized carbons (Fsp3) is 0.467. The molecule has 6 nitrogen and oxygen atoms in total. The lowest BCUT2D eigenvalue weighted by Crippen LogP contribution is -2.49. The third kappa shape index (κ3) is 3.65. The van der Waals surface area contributed by atoms with Gasteiger partial charge in [0.1, 0.15) is 24.4 Å². The molecule has 6 heteroatoms. The largest absolute Gasteiger partial charge is 0.508 e. The van der Waals surface area contributed by atoms with Crippen LogP contribution in [0.15, 0.2) is 18.2 Å². The van der Waals surface area contributed by atoms with Gasteiger partial charge in [0.15, 0.2) is 0 Å². The highest BCUT2D eigenvalue weighted by atomic mass is 16.7. The molecule has 0 unspecified atom stereocenters. The molecule has 0 saturated carbocycles.